The highest BCUT2D eigenvalue weighted by atomic mass is 32.2. The molecule has 3 aromatic heterocycles. The van der Waals surface area contributed by atoms with Crippen molar-refractivity contribution < 1.29 is 8.91 Å². The number of halogens is 1. The Bertz CT molecular complexity index is 1300. The molecule has 0 saturated carbocycles. The summed E-state index contributed by atoms with van der Waals surface area (Å²) in [6, 6.07) is 18.1. The normalized spacial score (nSPS) is 12.3. The van der Waals surface area contributed by atoms with Gasteiger partial charge in [-0.15, -0.1) is 21.5 Å². The highest BCUT2D eigenvalue weighted by Crippen LogP contribution is 2.39. The van der Waals surface area contributed by atoms with Crippen molar-refractivity contribution in [3.05, 3.63) is 77.8 Å². The summed E-state index contributed by atoms with van der Waals surface area (Å²) < 4.78 is 18.8. The quantitative estimate of drug-likeness (QED) is 0.298. The van der Waals surface area contributed by atoms with E-state index >= 15 is 0 Å². The zero-order valence-corrected chi connectivity index (χ0v) is 17.5. The minimum absolute atomic E-state index is 0.0967. The van der Waals surface area contributed by atoms with Gasteiger partial charge in [-0.2, -0.15) is 4.98 Å². The molecule has 0 aliphatic heterocycles. The van der Waals surface area contributed by atoms with Crippen LogP contribution in [-0.2, 0) is 0 Å². The van der Waals surface area contributed by atoms with E-state index in [0.29, 0.717) is 11.7 Å². The molecule has 5 nitrogen and oxygen atoms in total. The molecule has 0 aliphatic carbocycles. The van der Waals surface area contributed by atoms with Gasteiger partial charge < -0.3 is 4.52 Å². The second-order valence-corrected chi connectivity index (χ2v) is 8.88. The summed E-state index contributed by atoms with van der Waals surface area (Å²) >= 11 is 3.09. The zero-order valence-electron chi connectivity index (χ0n) is 15.8. The first-order valence-corrected chi connectivity index (χ1v) is 11.0. The van der Waals surface area contributed by atoms with Gasteiger partial charge in [0.1, 0.15) is 16.5 Å². The lowest BCUT2D eigenvalue weighted by atomic mass is 10.1. The summed E-state index contributed by atoms with van der Waals surface area (Å²) in [5.74, 6) is 0.852. The number of hydrogen-bond acceptors (Lipinski definition) is 7. The third-order valence-electron chi connectivity index (χ3n) is 4.59. The predicted octanol–water partition coefficient (Wildman–Crippen LogP) is 6.40. The maximum atomic E-state index is 13.3. The van der Waals surface area contributed by atoms with Gasteiger partial charge in [-0.05, 0) is 42.6 Å². The standard InChI is InChI=1S/C22H15FN4OS2/c1-13(21-24-20(27-28-21)18-7-4-12-29-18)30-22-17-6-3-2-5-16(17)19(25-26-22)14-8-10-15(23)11-9-14/h2-13H,1H3. The van der Waals surface area contributed by atoms with Crippen LogP contribution in [0.1, 0.15) is 18.1 Å². The monoisotopic (exact) mass is 434 g/mol. The topological polar surface area (TPSA) is 64.7 Å². The van der Waals surface area contributed by atoms with Gasteiger partial charge in [-0.25, -0.2) is 4.39 Å². The van der Waals surface area contributed by atoms with E-state index in [0.717, 1.165) is 31.9 Å². The molecule has 3 heterocycles. The molecule has 0 spiro atoms. The maximum absolute atomic E-state index is 13.3. The van der Waals surface area contributed by atoms with Gasteiger partial charge in [-0.3, -0.25) is 0 Å². The van der Waals surface area contributed by atoms with E-state index in [1.165, 1.54) is 23.9 Å². The predicted molar refractivity (Wildman–Crippen MR) is 117 cm³/mol. The Labute approximate surface area is 180 Å². The van der Waals surface area contributed by atoms with Crippen molar-refractivity contribution in [2.75, 3.05) is 0 Å². The molecule has 0 saturated heterocycles. The Kier molecular flexibility index (Phi) is 5.02. The van der Waals surface area contributed by atoms with Crippen molar-refractivity contribution in [3.63, 3.8) is 0 Å². The zero-order chi connectivity index (χ0) is 20.5. The first kappa shape index (κ1) is 18.9. The van der Waals surface area contributed by atoms with Crippen molar-refractivity contribution in [3.8, 4) is 22.0 Å². The van der Waals surface area contributed by atoms with Crippen LogP contribution in [0.25, 0.3) is 32.7 Å². The lowest BCUT2D eigenvalue weighted by Gasteiger charge is -2.11. The largest absolute Gasteiger partial charge is 0.338 e. The lowest BCUT2D eigenvalue weighted by molar-refractivity contribution is 0.381. The molecule has 0 fully saturated rings. The number of thiophene rings is 1. The Hall–Kier alpha value is -3.10. The summed E-state index contributed by atoms with van der Waals surface area (Å²) in [5, 5.41) is 17.6. The fourth-order valence-corrected chi connectivity index (χ4v) is 4.68. The van der Waals surface area contributed by atoms with Gasteiger partial charge >= 0.3 is 0 Å². The molecule has 1 unspecified atom stereocenters. The highest BCUT2D eigenvalue weighted by Gasteiger charge is 2.20. The molecule has 5 rings (SSSR count). The Balaban J connectivity index is 1.48. The van der Waals surface area contributed by atoms with Crippen LogP contribution in [0.15, 0.2) is 75.6 Å². The summed E-state index contributed by atoms with van der Waals surface area (Å²) in [6.07, 6.45) is 0. The Morgan fingerprint density at radius 1 is 0.967 bits per heavy atom. The molecular weight excluding hydrogens is 419 g/mol. The van der Waals surface area contributed by atoms with Crippen LogP contribution < -0.4 is 0 Å². The molecule has 0 radical (unpaired) electrons. The van der Waals surface area contributed by atoms with E-state index in [9.17, 15) is 4.39 Å². The van der Waals surface area contributed by atoms with Crippen LogP contribution in [0, 0.1) is 5.82 Å². The molecule has 0 bridgehead atoms. The smallest absolute Gasteiger partial charge is 0.240 e. The first-order valence-electron chi connectivity index (χ1n) is 9.24. The van der Waals surface area contributed by atoms with Crippen LogP contribution in [0.5, 0.6) is 0 Å². The molecule has 30 heavy (non-hydrogen) atoms. The van der Waals surface area contributed by atoms with Gasteiger partial charge in [0.05, 0.1) is 10.1 Å². The first-order chi connectivity index (χ1) is 14.7. The molecule has 0 amide bonds. The number of rotatable bonds is 5. The van der Waals surface area contributed by atoms with E-state index in [2.05, 4.69) is 20.3 Å². The van der Waals surface area contributed by atoms with Crippen LogP contribution >= 0.6 is 23.1 Å². The fraction of sp³-hybridized carbons (Fsp3) is 0.0909. The van der Waals surface area contributed by atoms with Crippen LogP contribution in [0.2, 0.25) is 0 Å². The van der Waals surface area contributed by atoms with Crippen molar-refractivity contribution in [1.82, 2.24) is 20.3 Å². The number of hydrogen-bond donors (Lipinski definition) is 0. The Morgan fingerprint density at radius 2 is 1.77 bits per heavy atom. The summed E-state index contributed by atoms with van der Waals surface area (Å²) in [4.78, 5) is 5.50. The van der Waals surface area contributed by atoms with Crippen LogP contribution in [-0.4, -0.2) is 20.3 Å². The Morgan fingerprint density at radius 3 is 2.53 bits per heavy atom. The second kappa shape index (κ2) is 7.97. The van der Waals surface area contributed by atoms with Crippen molar-refractivity contribution >= 4 is 33.9 Å². The van der Waals surface area contributed by atoms with E-state index < -0.39 is 0 Å². The molecule has 8 heteroatoms. The van der Waals surface area contributed by atoms with Gasteiger partial charge in [0, 0.05) is 16.3 Å². The van der Waals surface area contributed by atoms with Crippen LogP contribution in [0.4, 0.5) is 4.39 Å². The van der Waals surface area contributed by atoms with Gasteiger partial charge in [-0.1, -0.05) is 47.3 Å². The number of fused-ring (bicyclic) bond motifs is 1. The third kappa shape index (κ3) is 3.59. The SMILES string of the molecule is CC(Sc1nnc(-c2ccc(F)cc2)c2ccccc12)c1nc(-c2cccs2)no1. The van der Waals surface area contributed by atoms with E-state index in [-0.39, 0.29) is 11.1 Å². The van der Waals surface area contributed by atoms with E-state index in [4.69, 9.17) is 4.52 Å². The molecular formula is C22H15FN4OS2. The number of benzene rings is 2. The number of aromatic nitrogens is 4. The molecule has 1 atom stereocenters. The maximum Gasteiger partial charge on any atom is 0.240 e. The third-order valence-corrected chi connectivity index (χ3v) is 6.54. The average molecular weight is 435 g/mol. The molecule has 0 N–H and O–H groups in total. The summed E-state index contributed by atoms with van der Waals surface area (Å²) in [6.45, 7) is 2.00. The minimum Gasteiger partial charge on any atom is -0.338 e. The fourth-order valence-electron chi connectivity index (χ4n) is 3.11. The molecule has 148 valence electrons. The van der Waals surface area contributed by atoms with Gasteiger partial charge in [0.25, 0.3) is 0 Å². The average Bonchev–Trinajstić information content (AvgIpc) is 3.47. The number of thioether (sulfide) groups is 1. The minimum atomic E-state index is -0.279. The van der Waals surface area contributed by atoms with Crippen molar-refractivity contribution in [2.45, 2.75) is 17.2 Å². The van der Waals surface area contributed by atoms with Gasteiger partial charge in [0.2, 0.25) is 11.7 Å². The van der Waals surface area contributed by atoms with Crippen LogP contribution in [0.3, 0.4) is 0 Å². The number of nitrogens with zero attached hydrogens (tertiary/aromatic N) is 4. The molecule has 0 aliphatic rings. The molecule has 2 aromatic carbocycles. The summed E-state index contributed by atoms with van der Waals surface area (Å²) in [7, 11) is 0. The van der Waals surface area contributed by atoms with E-state index in [1.807, 2.05) is 48.7 Å². The molecule has 5 aromatic rings. The summed E-state index contributed by atoms with van der Waals surface area (Å²) in [5.41, 5.74) is 1.54. The van der Waals surface area contributed by atoms with Gasteiger partial charge in [0.15, 0.2) is 0 Å². The van der Waals surface area contributed by atoms with Crippen molar-refractivity contribution in [2.24, 2.45) is 0 Å². The lowest BCUT2D eigenvalue weighted by Crippen LogP contribution is -1.96. The van der Waals surface area contributed by atoms with Crippen molar-refractivity contribution in [1.29, 1.82) is 0 Å². The van der Waals surface area contributed by atoms with E-state index in [1.54, 1.807) is 23.5 Å². The second-order valence-electron chi connectivity index (χ2n) is 6.60. The highest BCUT2D eigenvalue weighted by molar-refractivity contribution is 7.99.